The number of pyridine rings is 1. The SMILES string of the molecule is Cc1cc([C@@H](C)Nc2ccccc2C(=O)O)c2nc(N3CCCC(F)(F)C3)c(C#N)c(=O)n2c1. The van der Waals surface area contributed by atoms with E-state index in [2.05, 4.69) is 10.3 Å². The van der Waals surface area contributed by atoms with Gasteiger partial charge in [-0.25, -0.2) is 18.6 Å². The Morgan fingerprint density at radius 1 is 1.35 bits per heavy atom. The summed E-state index contributed by atoms with van der Waals surface area (Å²) in [5.74, 6) is -4.09. The molecule has 0 unspecified atom stereocenters. The van der Waals surface area contributed by atoms with Crippen molar-refractivity contribution < 1.29 is 18.7 Å². The molecule has 8 nitrogen and oxygen atoms in total. The number of anilines is 2. The van der Waals surface area contributed by atoms with Crippen LogP contribution in [0, 0.1) is 18.3 Å². The van der Waals surface area contributed by atoms with Gasteiger partial charge in [0.25, 0.3) is 11.5 Å². The molecule has 1 aromatic carbocycles. The van der Waals surface area contributed by atoms with E-state index in [1.165, 1.54) is 15.4 Å². The fraction of sp³-hybridized carbons (Fsp3) is 0.333. The molecule has 1 saturated heterocycles. The zero-order valence-electron chi connectivity index (χ0n) is 18.7. The molecule has 34 heavy (non-hydrogen) atoms. The minimum absolute atomic E-state index is 0.0601. The first-order valence-corrected chi connectivity index (χ1v) is 10.8. The van der Waals surface area contributed by atoms with Crippen molar-refractivity contribution in [2.45, 2.75) is 38.7 Å². The molecule has 3 heterocycles. The number of aromatic carboxylic acids is 1. The number of hydrogen-bond acceptors (Lipinski definition) is 6. The number of carboxylic acid groups (broad SMARTS) is 1. The lowest BCUT2D eigenvalue weighted by Gasteiger charge is -2.33. The highest BCUT2D eigenvalue weighted by atomic mass is 19.3. The average molecular weight is 467 g/mol. The highest BCUT2D eigenvalue weighted by molar-refractivity contribution is 5.94. The number of carbonyl (C=O) groups is 1. The first-order chi connectivity index (χ1) is 16.1. The van der Waals surface area contributed by atoms with Gasteiger partial charge < -0.3 is 15.3 Å². The van der Waals surface area contributed by atoms with Crippen LogP contribution in [0.4, 0.5) is 20.3 Å². The third kappa shape index (κ3) is 4.29. The van der Waals surface area contributed by atoms with Crippen molar-refractivity contribution >= 4 is 23.1 Å². The van der Waals surface area contributed by atoms with Crippen LogP contribution >= 0.6 is 0 Å². The Labute approximate surface area is 194 Å². The van der Waals surface area contributed by atoms with Crippen molar-refractivity contribution in [3.8, 4) is 6.07 Å². The van der Waals surface area contributed by atoms with E-state index in [9.17, 15) is 28.7 Å². The quantitative estimate of drug-likeness (QED) is 0.584. The summed E-state index contributed by atoms with van der Waals surface area (Å²) in [7, 11) is 0. The number of benzene rings is 1. The summed E-state index contributed by atoms with van der Waals surface area (Å²) >= 11 is 0. The van der Waals surface area contributed by atoms with Crippen LogP contribution < -0.4 is 15.8 Å². The van der Waals surface area contributed by atoms with Crippen LogP contribution in [0.5, 0.6) is 0 Å². The van der Waals surface area contributed by atoms with Crippen LogP contribution in [0.15, 0.2) is 41.3 Å². The molecular weight excluding hydrogens is 444 g/mol. The standard InChI is InChI=1S/C24H23F2N5O3/c1-14-10-17(15(2)28-19-7-4-3-6-16(19)23(33)34)21-29-20(18(11-27)22(32)31(21)12-14)30-9-5-8-24(25,26)13-30/h3-4,6-7,10,12,15,28H,5,8-9,13H2,1-2H3,(H,33,34)/t15-/m1/s1. The number of nitrogens with one attached hydrogen (secondary N) is 1. The molecule has 1 fully saturated rings. The van der Waals surface area contributed by atoms with Gasteiger partial charge in [0.2, 0.25) is 0 Å². The number of piperidine rings is 1. The molecule has 0 saturated carbocycles. The highest BCUT2D eigenvalue weighted by Crippen LogP contribution is 2.31. The van der Waals surface area contributed by atoms with E-state index in [1.807, 2.05) is 6.07 Å². The molecule has 2 aromatic heterocycles. The van der Waals surface area contributed by atoms with Gasteiger partial charge in [-0.15, -0.1) is 0 Å². The molecule has 176 valence electrons. The number of aromatic nitrogens is 2. The Morgan fingerprint density at radius 2 is 2.09 bits per heavy atom. The number of rotatable bonds is 5. The third-order valence-corrected chi connectivity index (χ3v) is 5.87. The molecule has 1 aliphatic heterocycles. The molecule has 10 heteroatoms. The van der Waals surface area contributed by atoms with Gasteiger partial charge in [0.05, 0.1) is 18.2 Å². The summed E-state index contributed by atoms with van der Waals surface area (Å²) in [4.78, 5) is 30.6. The Kier molecular flexibility index (Phi) is 5.96. The number of nitriles is 1. The highest BCUT2D eigenvalue weighted by Gasteiger charge is 2.37. The second-order valence-electron chi connectivity index (χ2n) is 8.49. The van der Waals surface area contributed by atoms with Crippen molar-refractivity contribution in [2.75, 3.05) is 23.3 Å². The van der Waals surface area contributed by atoms with E-state index in [4.69, 9.17) is 0 Å². The number of carboxylic acids is 1. The van der Waals surface area contributed by atoms with Crippen LogP contribution in [-0.4, -0.2) is 39.5 Å². The second kappa shape index (κ2) is 8.74. The summed E-state index contributed by atoms with van der Waals surface area (Å²) < 4.78 is 29.5. The summed E-state index contributed by atoms with van der Waals surface area (Å²) in [6, 6.07) is 9.57. The van der Waals surface area contributed by atoms with Gasteiger partial charge in [0.1, 0.15) is 11.7 Å². The molecule has 0 amide bonds. The van der Waals surface area contributed by atoms with Crippen molar-refractivity contribution in [1.82, 2.24) is 9.38 Å². The summed E-state index contributed by atoms with van der Waals surface area (Å²) in [6.07, 6.45) is 1.50. The lowest BCUT2D eigenvalue weighted by molar-refractivity contribution is -0.0118. The number of hydrogen-bond donors (Lipinski definition) is 2. The van der Waals surface area contributed by atoms with Crippen LogP contribution in [-0.2, 0) is 0 Å². The Morgan fingerprint density at radius 3 is 2.76 bits per heavy atom. The molecule has 0 aliphatic carbocycles. The van der Waals surface area contributed by atoms with Crippen molar-refractivity contribution in [3.63, 3.8) is 0 Å². The van der Waals surface area contributed by atoms with Gasteiger partial charge in [0.15, 0.2) is 11.4 Å². The molecule has 2 N–H and O–H groups in total. The Bertz CT molecular complexity index is 1380. The summed E-state index contributed by atoms with van der Waals surface area (Å²) in [6.45, 7) is 3.20. The largest absolute Gasteiger partial charge is 0.478 e. The van der Waals surface area contributed by atoms with E-state index in [0.717, 1.165) is 0 Å². The Hall–Kier alpha value is -4.00. The van der Waals surface area contributed by atoms with Gasteiger partial charge in [-0.3, -0.25) is 9.20 Å². The zero-order valence-corrected chi connectivity index (χ0v) is 18.7. The van der Waals surface area contributed by atoms with Crippen LogP contribution in [0.1, 0.15) is 52.9 Å². The van der Waals surface area contributed by atoms with Crippen LogP contribution in [0.25, 0.3) is 5.65 Å². The van der Waals surface area contributed by atoms with Crippen LogP contribution in [0.2, 0.25) is 0 Å². The molecule has 1 atom stereocenters. The molecule has 4 rings (SSSR count). The number of nitrogens with zero attached hydrogens (tertiary/aromatic N) is 4. The first-order valence-electron chi connectivity index (χ1n) is 10.8. The average Bonchev–Trinajstić information content (AvgIpc) is 2.78. The van der Waals surface area contributed by atoms with Gasteiger partial charge in [-0.2, -0.15) is 5.26 Å². The fourth-order valence-electron chi connectivity index (χ4n) is 4.29. The van der Waals surface area contributed by atoms with Crippen molar-refractivity contribution in [2.24, 2.45) is 0 Å². The van der Waals surface area contributed by atoms with E-state index >= 15 is 0 Å². The summed E-state index contributed by atoms with van der Waals surface area (Å²) in [5.41, 5.74) is 1.03. The van der Waals surface area contributed by atoms with E-state index in [1.54, 1.807) is 44.3 Å². The van der Waals surface area contributed by atoms with Gasteiger partial charge in [0, 0.05) is 30.4 Å². The topological polar surface area (TPSA) is 111 Å². The lowest BCUT2D eigenvalue weighted by atomic mass is 10.0. The maximum absolute atomic E-state index is 14.1. The number of fused-ring (bicyclic) bond motifs is 1. The van der Waals surface area contributed by atoms with E-state index in [-0.39, 0.29) is 42.0 Å². The Balaban J connectivity index is 1.86. The second-order valence-corrected chi connectivity index (χ2v) is 8.49. The maximum Gasteiger partial charge on any atom is 0.337 e. The number of para-hydroxylation sites is 1. The molecular formula is C24H23F2N5O3. The predicted molar refractivity (Wildman–Crippen MR) is 123 cm³/mol. The van der Waals surface area contributed by atoms with Gasteiger partial charge >= 0.3 is 5.97 Å². The number of alkyl halides is 2. The molecule has 3 aromatic rings. The predicted octanol–water partition coefficient (Wildman–Crippen LogP) is 3.98. The molecule has 1 aliphatic rings. The first kappa shape index (κ1) is 23.2. The van der Waals surface area contributed by atoms with E-state index < -0.39 is 30.0 Å². The van der Waals surface area contributed by atoms with Crippen molar-refractivity contribution in [1.29, 1.82) is 5.26 Å². The third-order valence-electron chi connectivity index (χ3n) is 5.87. The molecule has 0 spiro atoms. The van der Waals surface area contributed by atoms with Gasteiger partial charge in [-0.05, 0) is 44.0 Å². The normalized spacial score (nSPS) is 16.1. The fourth-order valence-corrected chi connectivity index (χ4v) is 4.29. The zero-order chi connectivity index (χ0) is 24.6. The smallest absolute Gasteiger partial charge is 0.337 e. The van der Waals surface area contributed by atoms with Crippen molar-refractivity contribution in [3.05, 3.63) is 69.1 Å². The number of aryl methyl sites for hydroxylation is 1. The minimum Gasteiger partial charge on any atom is -0.478 e. The lowest BCUT2D eigenvalue weighted by Crippen LogP contribution is -2.44. The van der Waals surface area contributed by atoms with Gasteiger partial charge in [-0.1, -0.05) is 12.1 Å². The maximum atomic E-state index is 14.1. The molecule has 0 radical (unpaired) electrons. The molecule has 0 bridgehead atoms. The van der Waals surface area contributed by atoms with Crippen LogP contribution in [0.3, 0.4) is 0 Å². The van der Waals surface area contributed by atoms with E-state index in [0.29, 0.717) is 16.8 Å². The minimum atomic E-state index is -2.94. The number of halogens is 2. The monoisotopic (exact) mass is 467 g/mol. The summed E-state index contributed by atoms with van der Waals surface area (Å²) in [5, 5.41) is 22.3.